The van der Waals surface area contributed by atoms with E-state index in [0.29, 0.717) is 13.1 Å². The van der Waals surface area contributed by atoms with Gasteiger partial charge in [-0.05, 0) is 24.3 Å². The van der Waals surface area contributed by atoms with Crippen LogP contribution < -0.4 is 10.6 Å². The molecule has 1 unspecified atom stereocenters. The summed E-state index contributed by atoms with van der Waals surface area (Å²) in [7, 11) is 0. The summed E-state index contributed by atoms with van der Waals surface area (Å²) < 4.78 is 1.68. The van der Waals surface area contributed by atoms with Gasteiger partial charge < -0.3 is 15.7 Å². The number of aliphatic hydroxyl groups excluding tert-OH is 1. The van der Waals surface area contributed by atoms with Crippen molar-refractivity contribution < 1.29 is 9.90 Å². The average Bonchev–Trinajstić information content (AvgIpc) is 2.89. The maximum Gasteiger partial charge on any atom is 0.221 e. The Morgan fingerprint density at radius 2 is 2.20 bits per heavy atom. The molecule has 6 heteroatoms. The SMILES string of the molecule is CC(=O)Nc1cccc(NCC(O)Cn2cccn2)c1. The summed E-state index contributed by atoms with van der Waals surface area (Å²) in [5.41, 5.74) is 1.57. The number of hydrogen-bond donors (Lipinski definition) is 3. The number of carbonyl (C=O) groups excluding carboxylic acids is 1. The van der Waals surface area contributed by atoms with Crippen LogP contribution in [0.1, 0.15) is 6.92 Å². The van der Waals surface area contributed by atoms with Gasteiger partial charge in [-0.25, -0.2) is 0 Å². The molecular weight excluding hydrogens is 256 g/mol. The van der Waals surface area contributed by atoms with Crippen LogP contribution >= 0.6 is 0 Å². The first-order valence-corrected chi connectivity index (χ1v) is 6.40. The van der Waals surface area contributed by atoms with Crippen molar-refractivity contribution in [3.63, 3.8) is 0 Å². The molecule has 106 valence electrons. The van der Waals surface area contributed by atoms with Crippen molar-refractivity contribution in [2.45, 2.75) is 19.6 Å². The molecular formula is C14H18N4O2. The van der Waals surface area contributed by atoms with Crippen LogP contribution in [0.5, 0.6) is 0 Å². The van der Waals surface area contributed by atoms with Crippen molar-refractivity contribution in [1.82, 2.24) is 9.78 Å². The van der Waals surface area contributed by atoms with E-state index in [9.17, 15) is 9.90 Å². The predicted molar refractivity (Wildman–Crippen MR) is 77.5 cm³/mol. The Morgan fingerprint density at radius 3 is 2.90 bits per heavy atom. The number of rotatable bonds is 6. The van der Waals surface area contributed by atoms with Crippen molar-refractivity contribution in [3.05, 3.63) is 42.7 Å². The fourth-order valence-corrected chi connectivity index (χ4v) is 1.83. The molecule has 2 aromatic rings. The highest BCUT2D eigenvalue weighted by Crippen LogP contribution is 2.15. The van der Waals surface area contributed by atoms with Crippen LogP contribution in [0.15, 0.2) is 42.7 Å². The van der Waals surface area contributed by atoms with Gasteiger partial charge in [0.05, 0.1) is 12.6 Å². The molecule has 3 N–H and O–H groups in total. The van der Waals surface area contributed by atoms with E-state index in [1.54, 1.807) is 17.1 Å². The van der Waals surface area contributed by atoms with E-state index in [2.05, 4.69) is 15.7 Å². The summed E-state index contributed by atoms with van der Waals surface area (Å²) in [6, 6.07) is 9.17. The molecule has 0 saturated carbocycles. The lowest BCUT2D eigenvalue weighted by Crippen LogP contribution is -2.25. The Hall–Kier alpha value is -2.34. The minimum atomic E-state index is -0.542. The lowest BCUT2D eigenvalue weighted by Gasteiger charge is -2.13. The summed E-state index contributed by atoms with van der Waals surface area (Å²) in [4.78, 5) is 11.0. The van der Waals surface area contributed by atoms with E-state index < -0.39 is 6.10 Å². The zero-order valence-corrected chi connectivity index (χ0v) is 11.3. The Labute approximate surface area is 117 Å². The minimum absolute atomic E-state index is 0.110. The molecule has 20 heavy (non-hydrogen) atoms. The Kier molecular flexibility index (Phi) is 4.73. The monoisotopic (exact) mass is 274 g/mol. The molecule has 2 rings (SSSR count). The molecule has 0 saturated heterocycles. The highest BCUT2D eigenvalue weighted by molar-refractivity contribution is 5.89. The molecule has 1 amide bonds. The lowest BCUT2D eigenvalue weighted by atomic mass is 10.2. The van der Waals surface area contributed by atoms with Crippen molar-refractivity contribution in [3.8, 4) is 0 Å². The summed E-state index contributed by atoms with van der Waals surface area (Å²) in [5.74, 6) is -0.110. The largest absolute Gasteiger partial charge is 0.389 e. The number of nitrogens with one attached hydrogen (secondary N) is 2. The van der Waals surface area contributed by atoms with Crippen LogP contribution in [0.2, 0.25) is 0 Å². The summed E-state index contributed by atoms with van der Waals surface area (Å²) in [5, 5.41) is 19.8. The zero-order valence-electron chi connectivity index (χ0n) is 11.3. The third-order valence-electron chi connectivity index (χ3n) is 2.68. The van der Waals surface area contributed by atoms with Gasteiger partial charge in [0, 0.05) is 37.2 Å². The van der Waals surface area contributed by atoms with Gasteiger partial charge in [0.15, 0.2) is 0 Å². The standard InChI is InChI=1S/C14H18N4O2/c1-11(19)17-13-5-2-4-12(8-13)15-9-14(20)10-18-7-3-6-16-18/h2-8,14-15,20H,9-10H2,1H3,(H,17,19). The highest BCUT2D eigenvalue weighted by Gasteiger charge is 2.05. The fourth-order valence-electron chi connectivity index (χ4n) is 1.83. The van der Waals surface area contributed by atoms with Crippen molar-refractivity contribution in [2.24, 2.45) is 0 Å². The number of benzene rings is 1. The highest BCUT2D eigenvalue weighted by atomic mass is 16.3. The van der Waals surface area contributed by atoms with Gasteiger partial charge in [-0.3, -0.25) is 9.48 Å². The Balaban J connectivity index is 1.85. The lowest BCUT2D eigenvalue weighted by molar-refractivity contribution is -0.114. The second-order valence-corrected chi connectivity index (χ2v) is 4.52. The molecule has 0 radical (unpaired) electrons. The number of amides is 1. The molecule has 6 nitrogen and oxygen atoms in total. The van der Waals surface area contributed by atoms with Crippen LogP contribution in [0.25, 0.3) is 0 Å². The van der Waals surface area contributed by atoms with E-state index in [1.165, 1.54) is 6.92 Å². The number of anilines is 2. The smallest absolute Gasteiger partial charge is 0.221 e. The van der Waals surface area contributed by atoms with E-state index in [4.69, 9.17) is 0 Å². The molecule has 1 atom stereocenters. The third kappa shape index (κ3) is 4.40. The van der Waals surface area contributed by atoms with Crippen LogP contribution in [0.3, 0.4) is 0 Å². The number of aliphatic hydroxyl groups is 1. The third-order valence-corrected chi connectivity index (χ3v) is 2.68. The minimum Gasteiger partial charge on any atom is -0.389 e. The van der Waals surface area contributed by atoms with E-state index in [1.807, 2.05) is 30.3 Å². The maximum absolute atomic E-state index is 11.0. The normalized spacial score (nSPS) is 11.9. The number of aromatic nitrogens is 2. The van der Waals surface area contributed by atoms with E-state index in [0.717, 1.165) is 11.4 Å². The molecule has 1 heterocycles. The molecule has 1 aromatic carbocycles. The van der Waals surface area contributed by atoms with Crippen LogP contribution in [-0.4, -0.2) is 33.4 Å². The average molecular weight is 274 g/mol. The maximum atomic E-state index is 11.0. The second-order valence-electron chi connectivity index (χ2n) is 4.52. The molecule has 0 fully saturated rings. The molecule has 0 bridgehead atoms. The number of hydrogen-bond acceptors (Lipinski definition) is 4. The molecule has 0 aliphatic carbocycles. The van der Waals surface area contributed by atoms with Gasteiger partial charge in [0.25, 0.3) is 0 Å². The zero-order chi connectivity index (χ0) is 14.4. The van der Waals surface area contributed by atoms with Gasteiger partial charge in [0.2, 0.25) is 5.91 Å². The van der Waals surface area contributed by atoms with Gasteiger partial charge in [-0.15, -0.1) is 0 Å². The number of carbonyl (C=O) groups is 1. The van der Waals surface area contributed by atoms with Crippen molar-refractivity contribution >= 4 is 17.3 Å². The van der Waals surface area contributed by atoms with Crippen molar-refractivity contribution in [1.29, 1.82) is 0 Å². The summed E-state index contributed by atoms with van der Waals surface area (Å²) >= 11 is 0. The van der Waals surface area contributed by atoms with E-state index in [-0.39, 0.29) is 5.91 Å². The summed E-state index contributed by atoms with van der Waals surface area (Å²) in [6.45, 7) is 2.31. The predicted octanol–water partition coefficient (Wildman–Crippen LogP) is 1.31. The fraction of sp³-hybridized carbons (Fsp3) is 0.286. The van der Waals surface area contributed by atoms with Crippen LogP contribution in [0.4, 0.5) is 11.4 Å². The van der Waals surface area contributed by atoms with E-state index >= 15 is 0 Å². The van der Waals surface area contributed by atoms with Crippen LogP contribution in [0, 0.1) is 0 Å². The molecule has 0 aliphatic heterocycles. The quantitative estimate of drug-likeness (QED) is 0.742. The summed E-state index contributed by atoms with van der Waals surface area (Å²) in [6.07, 6.45) is 2.94. The van der Waals surface area contributed by atoms with Crippen molar-refractivity contribution in [2.75, 3.05) is 17.2 Å². The van der Waals surface area contributed by atoms with Gasteiger partial charge in [0.1, 0.15) is 0 Å². The van der Waals surface area contributed by atoms with Gasteiger partial charge in [-0.1, -0.05) is 6.07 Å². The van der Waals surface area contributed by atoms with Crippen LogP contribution in [-0.2, 0) is 11.3 Å². The molecule has 0 spiro atoms. The molecule has 0 aliphatic rings. The van der Waals surface area contributed by atoms with Gasteiger partial charge in [-0.2, -0.15) is 5.10 Å². The van der Waals surface area contributed by atoms with Gasteiger partial charge >= 0.3 is 0 Å². The Bertz CT molecular complexity index is 554. The second kappa shape index (κ2) is 6.72. The topological polar surface area (TPSA) is 79.2 Å². The Morgan fingerprint density at radius 1 is 1.40 bits per heavy atom. The first-order valence-electron chi connectivity index (χ1n) is 6.40. The number of nitrogens with zero attached hydrogens (tertiary/aromatic N) is 2. The molecule has 1 aromatic heterocycles. The first-order chi connectivity index (χ1) is 9.63. The first kappa shape index (κ1) is 14.1.